The van der Waals surface area contributed by atoms with Crippen molar-refractivity contribution in [2.75, 3.05) is 26.4 Å². The molecule has 7 aromatic rings. The highest BCUT2D eigenvalue weighted by molar-refractivity contribution is 6.00. The van der Waals surface area contributed by atoms with E-state index in [0.29, 0.717) is 51.3 Å². The summed E-state index contributed by atoms with van der Waals surface area (Å²) >= 11 is 0. The van der Waals surface area contributed by atoms with Gasteiger partial charge in [0, 0.05) is 44.3 Å². The maximum atomic E-state index is 12.6. The van der Waals surface area contributed by atoms with Crippen LogP contribution in [-0.2, 0) is 33.4 Å². The zero-order chi connectivity index (χ0) is 56.9. The number of rotatable bonds is 16. The molecule has 3 aromatic heterocycles. The van der Waals surface area contributed by atoms with E-state index in [-0.39, 0.29) is 19.8 Å². The van der Waals surface area contributed by atoms with Gasteiger partial charge in [0.05, 0.1) is 22.8 Å². The summed E-state index contributed by atoms with van der Waals surface area (Å²) in [5.41, 5.74) is 9.62. The maximum absolute atomic E-state index is 12.6. The SMILES string of the molecule is CC(C)(C)OC(=O)COc1ccc(-c2c3nc(c(-c4ccc(OCC(=O)OC(C)(C)C)cc4)c4ccc([nH]4)c(-c4ccc(OCC(=O)OC(C)(C)C)cc4)c4nc(c(-c5ccc(OCC(=O)O)cc5)c5ccc2[nH]5)C=C4)C=C3)cc1. The van der Waals surface area contributed by atoms with Crippen molar-refractivity contribution in [3.63, 3.8) is 0 Å². The average Bonchev–Trinajstić information content (AvgIpc) is 4.30. The standard InChI is InChI=1S/C64H62N4O12/c1-62(2,3)78-55(71)35-75-43-20-12-39(13-21-43)59-48-28-26-46(65-48)58(38-10-18-42(19-11-38)74-34-54(69)70)47-27-29-49(66-47)60(40-14-22-44(23-15-40)76-36-56(72)79-63(4,5)6)51-31-33-53(68-51)61(52-32-30-50(59)67-52)41-16-24-45(25-17-41)77-37-57(73)80-64(7,8)9/h10-33,65,68H,34-37H2,1-9H3,(H,69,70). The lowest BCUT2D eigenvalue weighted by Crippen LogP contribution is -2.27. The summed E-state index contributed by atoms with van der Waals surface area (Å²) in [7, 11) is 0. The van der Waals surface area contributed by atoms with Gasteiger partial charge in [-0.1, -0.05) is 48.5 Å². The molecule has 410 valence electrons. The lowest BCUT2D eigenvalue weighted by molar-refractivity contribution is -0.158. The fraction of sp³-hybridized carbons (Fsp3) is 0.250. The predicted molar refractivity (Wildman–Crippen MR) is 308 cm³/mol. The van der Waals surface area contributed by atoms with Crippen molar-refractivity contribution in [3.8, 4) is 67.5 Å². The monoisotopic (exact) mass is 1080 g/mol. The summed E-state index contributed by atoms with van der Waals surface area (Å²) in [4.78, 5) is 67.4. The van der Waals surface area contributed by atoms with Gasteiger partial charge in [-0.05, 0) is 182 Å². The normalized spacial score (nSPS) is 12.2. The van der Waals surface area contributed by atoms with Crippen molar-refractivity contribution < 1.29 is 57.4 Å². The fourth-order valence-corrected chi connectivity index (χ4v) is 8.98. The number of nitrogens with one attached hydrogen (secondary N) is 2. The van der Waals surface area contributed by atoms with Gasteiger partial charge in [-0.25, -0.2) is 29.1 Å². The smallest absolute Gasteiger partial charge is 0.344 e. The highest BCUT2D eigenvalue weighted by atomic mass is 16.6. The first-order valence-corrected chi connectivity index (χ1v) is 26.0. The second-order valence-electron chi connectivity index (χ2n) is 21.9. The number of benzene rings is 4. The lowest BCUT2D eigenvalue weighted by Gasteiger charge is -2.19. The van der Waals surface area contributed by atoms with E-state index >= 15 is 0 Å². The average molecular weight is 1080 g/mol. The molecule has 8 bridgehead atoms. The molecular weight excluding hydrogens is 1020 g/mol. The number of hydrogen-bond acceptors (Lipinski definition) is 13. The number of ether oxygens (including phenoxy) is 7. The number of H-pyrrole nitrogens is 2. The molecule has 0 atom stereocenters. The van der Waals surface area contributed by atoms with Crippen LogP contribution < -0.4 is 18.9 Å². The van der Waals surface area contributed by atoms with Crippen LogP contribution in [0.1, 0.15) is 85.1 Å². The number of aromatic nitrogens is 4. The number of carbonyl (C=O) groups is 4. The third-order valence-electron chi connectivity index (χ3n) is 12.0. The highest BCUT2D eigenvalue weighted by Gasteiger charge is 2.23. The molecule has 2 aliphatic rings. The Morgan fingerprint density at radius 3 is 0.800 bits per heavy atom. The summed E-state index contributed by atoms with van der Waals surface area (Å²) < 4.78 is 39.5. The first-order chi connectivity index (χ1) is 38.0. The van der Waals surface area contributed by atoms with Gasteiger partial charge >= 0.3 is 23.9 Å². The zero-order valence-electron chi connectivity index (χ0n) is 46.0. The van der Waals surface area contributed by atoms with Gasteiger partial charge in [0.1, 0.15) is 39.8 Å². The third kappa shape index (κ3) is 14.0. The molecule has 0 amide bonds. The van der Waals surface area contributed by atoms with Crippen molar-refractivity contribution in [3.05, 3.63) is 144 Å². The van der Waals surface area contributed by atoms with Gasteiger partial charge in [-0.3, -0.25) is 0 Å². The lowest BCUT2D eigenvalue weighted by atomic mass is 10.0. The van der Waals surface area contributed by atoms with Crippen molar-refractivity contribution in [1.82, 2.24) is 19.9 Å². The Morgan fingerprint density at radius 2 is 0.588 bits per heavy atom. The van der Waals surface area contributed by atoms with Gasteiger partial charge in [-0.2, -0.15) is 0 Å². The van der Waals surface area contributed by atoms with Crippen LogP contribution >= 0.6 is 0 Å². The van der Waals surface area contributed by atoms with E-state index in [9.17, 15) is 24.3 Å². The van der Waals surface area contributed by atoms with Gasteiger partial charge in [0.25, 0.3) is 0 Å². The van der Waals surface area contributed by atoms with Crippen LogP contribution in [0, 0.1) is 0 Å². The molecule has 16 heteroatoms. The van der Waals surface area contributed by atoms with Crippen molar-refractivity contribution in [2.45, 2.75) is 79.1 Å². The Balaban J connectivity index is 1.25. The number of fused-ring (bicyclic) bond motifs is 8. The van der Waals surface area contributed by atoms with Crippen LogP contribution in [0.25, 0.3) is 90.9 Å². The molecule has 0 saturated heterocycles. The van der Waals surface area contributed by atoms with E-state index in [2.05, 4.69) is 9.97 Å². The molecule has 0 spiro atoms. The summed E-state index contributed by atoms with van der Waals surface area (Å²) in [6.45, 7) is 14.9. The molecule has 3 N–H and O–H groups in total. The number of carbonyl (C=O) groups excluding carboxylic acids is 3. The number of nitrogens with zero attached hydrogens (tertiary/aromatic N) is 2. The van der Waals surface area contributed by atoms with E-state index in [1.165, 1.54) is 0 Å². The zero-order valence-corrected chi connectivity index (χ0v) is 46.0. The molecule has 0 saturated carbocycles. The summed E-state index contributed by atoms with van der Waals surface area (Å²) in [6.07, 6.45) is 7.84. The Kier molecular flexibility index (Phi) is 15.8. The van der Waals surface area contributed by atoms with E-state index in [1.54, 1.807) is 111 Å². The molecule has 80 heavy (non-hydrogen) atoms. The van der Waals surface area contributed by atoms with Crippen LogP contribution in [0.3, 0.4) is 0 Å². The molecule has 0 unspecified atom stereocenters. The Labute approximate surface area is 463 Å². The number of aliphatic carboxylic acids is 1. The van der Waals surface area contributed by atoms with Gasteiger partial charge in [0.2, 0.25) is 0 Å². The molecule has 2 aliphatic heterocycles. The largest absolute Gasteiger partial charge is 0.482 e. The molecule has 0 aliphatic carbocycles. The Bertz CT molecular complexity index is 3630. The van der Waals surface area contributed by atoms with Crippen molar-refractivity contribution >= 4 is 70.2 Å². The predicted octanol–water partition coefficient (Wildman–Crippen LogP) is 12.9. The summed E-state index contributed by atoms with van der Waals surface area (Å²) in [5.74, 6) is -0.760. The molecule has 5 heterocycles. The molecule has 0 radical (unpaired) electrons. The summed E-state index contributed by atoms with van der Waals surface area (Å²) in [6, 6.07) is 37.4. The Hall–Kier alpha value is -9.44. The van der Waals surface area contributed by atoms with Crippen LogP contribution in [0.4, 0.5) is 0 Å². The minimum atomic E-state index is -1.09. The molecule has 9 rings (SSSR count). The van der Waals surface area contributed by atoms with Crippen LogP contribution in [0.2, 0.25) is 0 Å². The number of esters is 3. The van der Waals surface area contributed by atoms with E-state index in [4.69, 9.17) is 43.1 Å². The second kappa shape index (κ2) is 22.9. The number of hydrogen-bond donors (Lipinski definition) is 3. The highest BCUT2D eigenvalue weighted by Crippen LogP contribution is 2.40. The summed E-state index contributed by atoms with van der Waals surface area (Å²) in [5, 5.41) is 9.32. The van der Waals surface area contributed by atoms with Crippen LogP contribution in [0.15, 0.2) is 121 Å². The number of carboxylic acid groups (broad SMARTS) is 1. The van der Waals surface area contributed by atoms with Crippen molar-refractivity contribution in [1.29, 1.82) is 0 Å². The van der Waals surface area contributed by atoms with Gasteiger partial charge in [-0.15, -0.1) is 0 Å². The van der Waals surface area contributed by atoms with E-state index in [1.807, 2.05) is 97.1 Å². The van der Waals surface area contributed by atoms with Gasteiger partial charge in [0.15, 0.2) is 26.4 Å². The number of carboxylic acids is 1. The topological polar surface area (TPSA) is 210 Å². The van der Waals surface area contributed by atoms with Crippen LogP contribution in [-0.4, -0.2) is 92.2 Å². The molecule has 0 fully saturated rings. The number of aromatic amines is 2. The first kappa shape index (κ1) is 55.3. The van der Waals surface area contributed by atoms with Crippen molar-refractivity contribution in [2.24, 2.45) is 0 Å². The molecule has 16 nitrogen and oxygen atoms in total. The Morgan fingerprint density at radius 1 is 0.362 bits per heavy atom. The minimum Gasteiger partial charge on any atom is -0.482 e. The third-order valence-corrected chi connectivity index (χ3v) is 12.0. The first-order valence-electron chi connectivity index (χ1n) is 26.0. The van der Waals surface area contributed by atoms with E-state index in [0.717, 1.165) is 61.1 Å². The quantitative estimate of drug-likeness (QED) is 0.0607. The maximum Gasteiger partial charge on any atom is 0.344 e. The molecular formula is C64H62N4O12. The van der Waals surface area contributed by atoms with E-state index < -0.39 is 47.3 Å². The molecule has 4 aromatic carbocycles. The second-order valence-corrected chi connectivity index (χ2v) is 21.9. The van der Waals surface area contributed by atoms with Gasteiger partial charge < -0.3 is 48.2 Å². The minimum absolute atomic E-state index is 0.265. The van der Waals surface area contributed by atoms with Crippen LogP contribution in [0.5, 0.6) is 23.0 Å². The fourth-order valence-electron chi connectivity index (χ4n) is 8.98.